The monoisotopic (exact) mass is 398 g/mol. The van der Waals surface area contributed by atoms with Crippen LogP contribution >= 0.6 is 11.8 Å². The van der Waals surface area contributed by atoms with Gasteiger partial charge in [-0.05, 0) is 57.2 Å². The van der Waals surface area contributed by atoms with E-state index >= 15 is 0 Å². The van der Waals surface area contributed by atoms with E-state index in [0.717, 1.165) is 21.8 Å². The average molecular weight is 398 g/mol. The van der Waals surface area contributed by atoms with Crippen LogP contribution in [0.5, 0.6) is 5.75 Å². The molecule has 0 aliphatic rings. The molecule has 0 saturated heterocycles. The van der Waals surface area contributed by atoms with Gasteiger partial charge in [-0.15, -0.1) is 22.0 Å². The second kappa shape index (κ2) is 9.41. The summed E-state index contributed by atoms with van der Waals surface area (Å²) >= 11 is 1.40. The number of esters is 1. The molecule has 2 aromatic carbocycles. The standard InChI is InChI=1S/C21H22N2O4S/c1-4-25-17-9-11-18(12-10-17)28-13-19(24)26-15(3)20-22-23-21(27-20)16-7-5-14(2)6-8-16/h5-12,15H,4,13H2,1-3H3/t15-/m1/s1. The van der Waals surface area contributed by atoms with Crippen LogP contribution in [0, 0.1) is 6.92 Å². The zero-order chi connectivity index (χ0) is 19.9. The first kappa shape index (κ1) is 19.9. The van der Waals surface area contributed by atoms with Gasteiger partial charge in [-0.25, -0.2) is 0 Å². The Morgan fingerprint density at radius 3 is 2.50 bits per heavy atom. The average Bonchev–Trinajstić information content (AvgIpc) is 3.19. The zero-order valence-corrected chi connectivity index (χ0v) is 16.9. The Labute approximate surface area is 168 Å². The Balaban J connectivity index is 1.52. The molecule has 0 bridgehead atoms. The number of hydrogen-bond donors (Lipinski definition) is 0. The minimum absolute atomic E-state index is 0.192. The third kappa shape index (κ3) is 5.36. The topological polar surface area (TPSA) is 74.5 Å². The third-order valence-electron chi connectivity index (χ3n) is 3.89. The van der Waals surface area contributed by atoms with Crippen LogP contribution in [-0.4, -0.2) is 28.5 Å². The SMILES string of the molecule is CCOc1ccc(SCC(=O)O[C@H](C)c2nnc(-c3ccc(C)cc3)o2)cc1. The van der Waals surface area contributed by atoms with E-state index < -0.39 is 6.10 Å². The summed E-state index contributed by atoms with van der Waals surface area (Å²) in [5.74, 6) is 1.33. The van der Waals surface area contributed by atoms with Gasteiger partial charge in [0.2, 0.25) is 5.89 Å². The molecule has 0 spiro atoms. The highest BCUT2D eigenvalue weighted by atomic mass is 32.2. The molecule has 1 atom stereocenters. The second-order valence-electron chi connectivity index (χ2n) is 6.14. The summed E-state index contributed by atoms with van der Waals surface area (Å²) in [6, 6.07) is 15.4. The summed E-state index contributed by atoms with van der Waals surface area (Å²) in [4.78, 5) is 13.1. The van der Waals surface area contributed by atoms with Gasteiger partial charge in [0.25, 0.3) is 5.89 Å². The fourth-order valence-corrected chi connectivity index (χ4v) is 3.12. The summed E-state index contributed by atoms with van der Waals surface area (Å²) in [6.07, 6.45) is -0.611. The van der Waals surface area contributed by atoms with Crippen molar-refractivity contribution in [2.45, 2.75) is 31.8 Å². The molecule has 0 N–H and O–H groups in total. The Bertz CT molecular complexity index is 907. The zero-order valence-electron chi connectivity index (χ0n) is 16.0. The lowest BCUT2D eigenvalue weighted by atomic mass is 10.1. The van der Waals surface area contributed by atoms with Crippen molar-refractivity contribution in [2.75, 3.05) is 12.4 Å². The van der Waals surface area contributed by atoms with Crippen molar-refractivity contribution in [3.05, 3.63) is 60.0 Å². The van der Waals surface area contributed by atoms with E-state index in [0.29, 0.717) is 12.5 Å². The number of ether oxygens (including phenoxy) is 2. The summed E-state index contributed by atoms with van der Waals surface area (Å²) in [7, 11) is 0. The highest BCUT2D eigenvalue weighted by molar-refractivity contribution is 8.00. The van der Waals surface area contributed by atoms with E-state index in [-0.39, 0.29) is 17.6 Å². The maximum atomic E-state index is 12.1. The molecular weight excluding hydrogens is 376 g/mol. The Hall–Kier alpha value is -2.80. The predicted molar refractivity (Wildman–Crippen MR) is 107 cm³/mol. The van der Waals surface area contributed by atoms with Crippen LogP contribution in [0.4, 0.5) is 0 Å². The summed E-state index contributed by atoms with van der Waals surface area (Å²) < 4.78 is 16.5. The van der Waals surface area contributed by atoms with E-state index in [1.165, 1.54) is 11.8 Å². The van der Waals surface area contributed by atoms with Gasteiger partial charge in [-0.3, -0.25) is 4.79 Å². The highest BCUT2D eigenvalue weighted by Crippen LogP contribution is 2.25. The van der Waals surface area contributed by atoms with Crippen LogP contribution < -0.4 is 4.74 Å². The van der Waals surface area contributed by atoms with Crippen molar-refractivity contribution >= 4 is 17.7 Å². The molecule has 3 aromatic rings. The molecule has 3 rings (SSSR count). The fourth-order valence-electron chi connectivity index (χ4n) is 2.43. The molecule has 28 heavy (non-hydrogen) atoms. The van der Waals surface area contributed by atoms with Gasteiger partial charge in [-0.2, -0.15) is 0 Å². The molecule has 0 saturated carbocycles. The largest absolute Gasteiger partial charge is 0.494 e. The van der Waals surface area contributed by atoms with E-state index in [2.05, 4.69) is 10.2 Å². The summed E-state index contributed by atoms with van der Waals surface area (Å²) in [6.45, 7) is 6.28. The van der Waals surface area contributed by atoms with Gasteiger partial charge in [0.05, 0.1) is 12.4 Å². The molecule has 6 nitrogen and oxygen atoms in total. The van der Waals surface area contributed by atoms with Crippen LogP contribution in [0.2, 0.25) is 0 Å². The number of thioether (sulfide) groups is 1. The number of carbonyl (C=O) groups is 1. The van der Waals surface area contributed by atoms with Gasteiger partial charge < -0.3 is 13.9 Å². The fraction of sp³-hybridized carbons (Fsp3) is 0.286. The van der Waals surface area contributed by atoms with Crippen molar-refractivity contribution < 1.29 is 18.7 Å². The second-order valence-corrected chi connectivity index (χ2v) is 7.19. The number of hydrogen-bond acceptors (Lipinski definition) is 7. The third-order valence-corrected chi connectivity index (χ3v) is 4.87. The Morgan fingerprint density at radius 1 is 1.11 bits per heavy atom. The first-order valence-electron chi connectivity index (χ1n) is 9.00. The van der Waals surface area contributed by atoms with E-state index in [9.17, 15) is 4.79 Å². The number of aryl methyl sites for hydroxylation is 1. The molecule has 0 amide bonds. The van der Waals surface area contributed by atoms with Crippen LogP contribution in [0.15, 0.2) is 57.8 Å². The van der Waals surface area contributed by atoms with Crippen molar-refractivity contribution in [2.24, 2.45) is 0 Å². The molecule has 0 aliphatic heterocycles. The van der Waals surface area contributed by atoms with Gasteiger partial charge >= 0.3 is 5.97 Å². The quantitative estimate of drug-likeness (QED) is 0.397. The molecule has 0 unspecified atom stereocenters. The Kier molecular flexibility index (Phi) is 6.71. The number of carbonyl (C=O) groups excluding carboxylic acids is 1. The lowest BCUT2D eigenvalue weighted by Gasteiger charge is -2.09. The lowest BCUT2D eigenvalue weighted by Crippen LogP contribution is -2.11. The maximum absolute atomic E-state index is 12.1. The molecule has 7 heteroatoms. The molecule has 0 fully saturated rings. The normalized spacial score (nSPS) is 11.8. The molecule has 1 heterocycles. The number of nitrogens with zero attached hydrogens (tertiary/aromatic N) is 2. The Morgan fingerprint density at radius 2 is 1.82 bits per heavy atom. The van der Waals surface area contributed by atoms with Crippen LogP contribution in [0.25, 0.3) is 11.5 Å². The highest BCUT2D eigenvalue weighted by Gasteiger charge is 2.19. The maximum Gasteiger partial charge on any atom is 0.317 e. The van der Waals surface area contributed by atoms with E-state index in [4.69, 9.17) is 13.9 Å². The molecule has 0 aliphatic carbocycles. The first-order chi connectivity index (χ1) is 13.5. The number of benzene rings is 2. The van der Waals surface area contributed by atoms with Crippen LogP contribution in [-0.2, 0) is 9.53 Å². The van der Waals surface area contributed by atoms with Crippen molar-refractivity contribution in [1.29, 1.82) is 0 Å². The summed E-state index contributed by atoms with van der Waals surface area (Å²) in [5.41, 5.74) is 1.98. The first-order valence-corrected chi connectivity index (χ1v) is 9.99. The van der Waals surface area contributed by atoms with E-state index in [1.54, 1.807) is 6.92 Å². The van der Waals surface area contributed by atoms with Crippen molar-refractivity contribution in [1.82, 2.24) is 10.2 Å². The number of aromatic nitrogens is 2. The minimum Gasteiger partial charge on any atom is -0.494 e. The minimum atomic E-state index is -0.611. The van der Waals surface area contributed by atoms with Crippen molar-refractivity contribution in [3.8, 4) is 17.2 Å². The summed E-state index contributed by atoms with van der Waals surface area (Å²) in [5, 5.41) is 8.04. The van der Waals surface area contributed by atoms with Gasteiger partial charge in [0.1, 0.15) is 5.75 Å². The van der Waals surface area contributed by atoms with Crippen LogP contribution in [0.1, 0.15) is 31.4 Å². The predicted octanol–water partition coefficient (Wildman–Crippen LogP) is 4.84. The van der Waals surface area contributed by atoms with Crippen LogP contribution in [0.3, 0.4) is 0 Å². The smallest absolute Gasteiger partial charge is 0.317 e. The van der Waals surface area contributed by atoms with Gasteiger partial charge in [0, 0.05) is 10.5 Å². The molecular formula is C21H22N2O4S. The van der Waals surface area contributed by atoms with Crippen molar-refractivity contribution in [3.63, 3.8) is 0 Å². The molecule has 146 valence electrons. The lowest BCUT2D eigenvalue weighted by molar-refractivity contribution is -0.146. The van der Waals surface area contributed by atoms with E-state index in [1.807, 2.05) is 62.4 Å². The molecule has 0 radical (unpaired) electrons. The van der Waals surface area contributed by atoms with Gasteiger partial charge in [0.15, 0.2) is 6.10 Å². The number of rotatable bonds is 8. The molecule has 1 aromatic heterocycles. The van der Waals surface area contributed by atoms with Gasteiger partial charge in [-0.1, -0.05) is 17.7 Å².